The number of rotatable bonds is 2. The minimum atomic E-state index is -1.44. The number of hydrogen-bond donors (Lipinski definition) is 2. The third-order valence-electron chi connectivity index (χ3n) is 1.55. The largest absolute Gasteiger partial charge is 0.381 e. The first-order valence-corrected chi connectivity index (χ1v) is 4.43. The van der Waals surface area contributed by atoms with Crippen molar-refractivity contribution in [2.45, 2.75) is 19.4 Å². The van der Waals surface area contributed by atoms with Crippen LogP contribution in [0.2, 0.25) is 5.02 Å². The second-order valence-corrected chi connectivity index (χ2v) is 3.75. The average molecular weight is 215 g/mol. The smallest absolute Gasteiger partial charge is 0.256 e. The highest BCUT2D eigenvalue weighted by Crippen LogP contribution is 2.18. The fourth-order valence-corrected chi connectivity index (χ4v) is 0.907. The first kappa shape index (κ1) is 10.9. The molecule has 0 radical (unpaired) electrons. The Kier molecular flexibility index (Phi) is 3.08. The van der Waals surface area contributed by atoms with Crippen LogP contribution >= 0.6 is 11.6 Å². The molecule has 0 saturated carbocycles. The standard InChI is InChI=1S/C9H11ClN2O2/c1-9(2,14)8(13)12-7-6(10)4-3-5-11-7/h3-5,14H,1-2H3,(H,11,12,13). The third-order valence-corrected chi connectivity index (χ3v) is 1.85. The summed E-state index contributed by atoms with van der Waals surface area (Å²) in [6.07, 6.45) is 1.51. The lowest BCUT2D eigenvalue weighted by atomic mass is 10.1. The number of aliphatic hydroxyl groups is 1. The Hall–Kier alpha value is -1.13. The van der Waals surface area contributed by atoms with E-state index in [1.807, 2.05) is 0 Å². The number of anilines is 1. The Labute approximate surface area is 86.9 Å². The zero-order valence-electron chi connectivity index (χ0n) is 7.91. The van der Waals surface area contributed by atoms with Gasteiger partial charge in [-0.2, -0.15) is 0 Å². The summed E-state index contributed by atoms with van der Waals surface area (Å²) in [5.74, 6) is -0.292. The lowest BCUT2D eigenvalue weighted by molar-refractivity contribution is -0.130. The van der Waals surface area contributed by atoms with Gasteiger partial charge in [0.15, 0.2) is 5.82 Å². The van der Waals surface area contributed by atoms with Crippen molar-refractivity contribution in [2.24, 2.45) is 0 Å². The second kappa shape index (κ2) is 3.94. The molecule has 0 aliphatic rings. The van der Waals surface area contributed by atoms with E-state index in [-0.39, 0.29) is 5.82 Å². The molecule has 0 spiro atoms. The minimum absolute atomic E-state index is 0.251. The van der Waals surface area contributed by atoms with Crippen LogP contribution in [0.4, 0.5) is 5.82 Å². The van der Waals surface area contributed by atoms with Crippen LogP contribution in [-0.4, -0.2) is 21.6 Å². The van der Waals surface area contributed by atoms with Crippen LogP contribution in [0.5, 0.6) is 0 Å². The molecule has 0 fully saturated rings. The highest BCUT2D eigenvalue weighted by atomic mass is 35.5. The summed E-state index contributed by atoms with van der Waals surface area (Å²) in [7, 11) is 0. The van der Waals surface area contributed by atoms with E-state index in [0.29, 0.717) is 5.02 Å². The summed E-state index contributed by atoms with van der Waals surface area (Å²) in [4.78, 5) is 15.2. The van der Waals surface area contributed by atoms with Gasteiger partial charge in [0, 0.05) is 6.20 Å². The molecule has 0 atom stereocenters. The summed E-state index contributed by atoms with van der Waals surface area (Å²) in [5, 5.41) is 12.1. The van der Waals surface area contributed by atoms with Crippen molar-refractivity contribution in [2.75, 3.05) is 5.32 Å². The van der Waals surface area contributed by atoms with Crippen molar-refractivity contribution < 1.29 is 9.90 Å². The van der Waals surface area contributed by atoms with Gasteiger partial charge < -0.3 is 10.4 Å². The second-order valence-electron chi connectivity index (χ2n) is 3.35. The molecule has 0 aromatic carbocycles. The zero-order chi connectivity index (χ0) is 10.8. The van der Waals surface area contributed by atoms with Crippen molar-refractivity contribution in [1.29, 1.82) is 0 Å². The van der Waals surface area contributed by atoms with Crippen molar-refractivity contribution in [3.8, 4) is 0 Å². The van der Waals surface area contributed by atoms with Gasteiger partial charge in [0.25, 0.3) is 5.91 Å². The number of halogens is 1. The van der Waals surface area contributed by atoms with Crippen LogP contribution in [0, 0.1) is 0 Å². The number of pyridine rings is 1. The molecule has 76 valence electrons. The predicted molar refractivity (Wildman–Crippen MR) is 54.2 cm³/mol. The van der Waals surface area contributed by atoms with Crippen LogP contribution in [0.15, 0.2) is 18.3 Å². The fourth-order valence-electron chi connectivity index (χ4n) is 0.738. The molecule has 14 heavy (non-hydrogen) atoms. The number of nitrogens with one attached hydrogen (secondary N) is 1. The zero-order valence-corrected chi connectivity index (χ0v) is 8.67. The maximum Gasteiger partial charge on any atom is 0.256 e. The molecule has 0 aliphatic carbocycles. The number of amides is 1. The maximum absolute atomic E-state index is 11.3. The van der Waals surface area contributed by atoms with Crippen molar-refractivity contribution >= 4 is 23.3 Å². The summed E-state index contributed by atoms with van der Waals surface area (Å²) >= 11 is 5.76. The molecule has 4 nitrogen and oxygen atoms in total. The fraction of sp³-hybridized carbons (Fsp3) is 0.333. The molecule has 0 unspecified atom stereocenters. The van der Waals surface area contributed by atoms with Crippen LogP contribution in [-0.2, 0) is 4.79 Å². The van der Waals surface area contributed by atoms with E-state index in [1.54, 1.807) is 12.1 Å². The SMILES string of the molecule is CC(C)(O)C(=O)Nc1ncccc1Cl. The van der Waals surface area contributed by atoms with E-state index in [1.165, 1.54) is 20.0 Å². The number of nitrogens with zero attached hydrogens (tertiary/aromatic N) is 1. The van der Waals surface area contributed by atoms with Crippen LogP contribution in [0.3, 0.4) is 0 Å². The molecule has 1 amide bonds. The summed E-state index contributed by atoms with van der Waals surface area (Å²) in [6.45, 7) is 2.78. The van der Waals surface area contributed by atoms with Gasteiger partial charge in [-0.1, -0.05) is 11.6 Å². The molecule has 1 heterocycles. The molecule has 1 rings (SSSR count). The van der Waals surface area contributed by atoms with Gasteiger partial charge in [0.2, 0.25) is 0 Å². The average Bonchev–Trinajstić information content (AvgIpc) is 2.07. The minimum Gasteiger partial charge on any atom is -0.381 e. The van der Waals surface area contributed by atoms with Crippen LogP contribution in [0.25, 0.3) is 0 Å². The first-order valence-electron chi connectivity index (χ1n) is 4.05. The van der Waals surface area contributed by atoms with Gasteiger partial charge in [0.1, 0.15) is 5.60 Å². The summed E-state index contributed by atoms with van der Waals surface area (Å²) < 4.78 is 0. The van der Waals surface area contributed by atoms with E-state index in [4.69, 9.17) is 11.6 Å². The quantitative estimate of drug-likeness (QED) is 0.783. The molecule has 0 bridgehead atoms. The monoisotopic (exact) mass is 214 g/mol. The normalized spacial score (nSPS) is 11.1. The maximum atomic E-state index is 11.3. The molecule has 0 saturated heterocycles. The van der Waals surface area contributed by atoms with Gasteiger partial charge in [0.05, 0.1) is 5.02 Å². The lowest BCUT2D eigenvalue weighted by Gasteiger charge is -2.16. The molecule has 0 aliphatic heterocycles. The molecule has 5 heteroatoms. The van der Waals surface area contributed by atoms with Crippen LogP contribution in [0.1, 0.15) is 13.8 Å². The first-order chi connectivity index (χ1) is 6.41. The Morgan fingerprint density at radius 2 is 2.29 bits per heavy atom. The van der Waals surface area contributed by atoms with Crippen molar-refractivity contribution in [3.63, 3.8) is 0 Å². The Bertz CT molecular complexity index is 347. The van der Waals surface area contributed by atoms with Gasteiger partial charge >= 0.3 is 0 Å². The number of carbonyl (C=O) groups excluding carboxylic acids is 1. The van der Waals surface area contributed by atoms with E-state index in [0.717, 1.165) is 0 Å². The topological polar surface area (TPSA) is 62.2 Å². The Balaban J connectivity index is 2.80. The van der Waals surface area contributed by atoms with Crippen molar-refractivity contribution in [3.05, 3.63) is 23.4 Å². The van der Waals surface area contributed by atoms with E-state index >= 15 is 0 Å². The van der Waals surface area contributed by atoms with E-state index in [9.17, 15) is 9.90 Å². The number of hydrogen-bond acceptors (Lipinski definition) is 3. The predicted octanol–water partition coefficient (Wildman–Crippen LogP) is 1.44. The van der Waals surface area contributed by atoms with Gasteiger partial charge in [-0.25, -0.2) is 4.98 Å². The van der Waals surface area contributed by atoms with E-state index in [2.05, 4.69) is 10.3 Å². The third kappa shape index (κ3) is 2.68. The molecule has 1 aromatic rings. The number of carbonyl (C=O) groups is 1. The Morgan fingerprint density at radius 1 is 1.64 bits per heavy atom. The van der Waals surface area contributed by atoms with Crippen molar-refractivity contribution in [1.82, 2.24) is 4.98 Å². The molecular formula is C9H11ClN2O2. The Morgan fingerprint density at radius 3 is 2.79 bits per heavy atom. The molecule has 1 aromatic heterocycles. The highest BCUT2D eigenvalue weighted by Gasteiger charge is 2.24. The molecular weight excluding hydrogens is 204 g/mol. The summed E-state index contributed by atoms with van der Waals surface area (Å²) in [6, 6.07) is 3.26. The van der Waals surface area contributed by atoms with E-state index < -0.39 is 11.5 Å². The molecule has 2 N–H and O–H groups in total. The van der Waals surface area contributed by atoms with Gasteiger partial charge in [-0.3, -0.25) is 4.79 Å². The van der Waals surface area contributed by atoms with Gasteiger partial charge in [-0.15, -0.1) is 0 Å². The summed E-state index contributed by atoms with van der Waals surface area (Å²) in [5.41, 5.74) is -1.44. The highest BCUT2D eigenvalue weighted by molar-refractivity contribution is 6.33. The number of aromatic nitrogens is 1. The lowest BCUT2D eigenvalue weighted by Crippen LogP contribution is -2.37. The van der Waals surface area contributed by atoms with Gasteiger partial charge in [-0.05, 0) is 26.0 Å². The van der Waals surface area contributed by atoms with Crippen LogP contribution < -0.4 is 5.32 Å².